The SMILES string of the molecule is C=C(CNC1CCOC(C)C1)C(=O)O. The van der Waals surface area contributed by atoms with E-state index in [4.69, 9.17) is 9.84 Å². The minimum absolute atomic E-state index is 0.212. The van der Waals surface area contributed by atoms with Gasteiger partial charge in [-0.2, -0.15) is 0 Å². The van der Waals surface area contributed by atoms with Gasteiger partial charge in [-0.05, 0) is 19.8 Å². The molecule has 0 aromatic heterocycles. The highest BCUT2D eigenvalue weighted by Crippen LogP contribution is 2.13. The second kappa shape index (κ2) is 5.12. The summed E-state index contributed by atoms with van der Waals surface area (Å²) in [7, 11) is 0. The van der Waals surface area contributed by atoms with E-state index in [-0.39, 0.29) is 11.7 Å². The Balaban J connectivity index is 2.24. The van der Waals surface area contributed by atoms with Crippen molar-refractivity contribution < 1.29 is 14.6 Å². The van der Waals surface area contributed by atoms with Crippen molar-refractivity contribution in [2.45, 2.75) is 31.9 Å². The first-order valence-corrected chi connectivity index (χ1v) is 4.85. The van der Waals surface area contributed by atoms with Gasteiger partial charge >= 0.3 is 5.97 Å². The summed E-state index contributed by atoms with van der Waals surface area (Å²) in [6.07, 6.45) is 2.14. The van der Waals surface area contributed by atoms with Crippen LogP contribution in [-0.2, 0) is 9.53 Å². The minimum Gasteiger partial charge on any atom is -0.478 e. The lowest BCUT2D eigenvalue weighted by atomic mass is 10.0. The van der Waals surface area contributed by atoms with Gasteiger partial charge in [0, 0.05) is 24.8 Å². The van der Waals surface area contributed by atoms with Gasteiger partial charge in [-0.3, -0.25) is 0 Å². The zero-order chi connectivity index (χ0) is 10.6. The number of ether oxygens (including phenoxy) is 1. The highest BCUT2D eigenvalue weighted by molar-refractivity contribution is 5.86. The lowest BCUT2D eigenvalue weighted by Crippen LogP contribution is -2.39. The Morgan fingerprint density at radius 1 is 1.71 bits per heavy atom. The molecular weight excluding hydrogens is 182 g/mol. The molecule has 1 heterocycles. The first-order chi connectivity index (χ1) is 6.59. The van der Waals surface area contributed by atoms with Crippen LogP contribution in [0.2, 0.25) is 0 Å². The van der Waals surface area contributed by atoms with Crippen LogP contribution in [0, 0.1) is 0 Å². The van der Waals surface area contributed by atoms with E-state index >= 15 is 0 Å². The van der Waals surface area contributed by atoms with Crippen molar-refractivity contribution in [1.82, 2.24) is 5.32 Å². The molecule has 1 rings (SSSR count). The monoisotopic (exact) mass is 199 g/mol. The molecule has 0 amide bonds. The molecule has 0 aromatic rings. The molecule has 4 nitrogen and oxygen atoms in total. The van der Waals surface area contributed by atoms with Crippen LogP contribution in [0.1, 0.15) is 19.8 Å². The van der Waals surface area contributed by atoms with Gasteiger partial charge in [0.05, 0.1) is 6.10 Å². The van der Waals surface area contributed by atoms with Gasteiger partial charge in [0.15, 0.2) is 0 Å². The number of rotatable bonds is 4. The highest BCUT2D eigenvalue weighted by Gasteiger charge is 2.19. The molecule has 0 bridgehead atoms. The molecule has 1 fully saturated rings. The maximum absolute atomic E-state index is 10.5. The standard InChI is InChI=1S/C10H17NO3/c1-7(10(12)13)6-11-9-3-4-14-8(2)5-9/h8-9,11H,1,3-6H2,2H3,(H,12,13). The molecule has 0 aliphatic carbocycles. The van der Waals surface area contributed by atoms with Gasteiger partial charge in [-0.25, -0.2) is 4.79 Å². The second-order valence-electron chi connectivity index (χ2n) is 3.69. The largest absolute Gasteiger partial charge is 0.478 e. The maximum atomic E-state index is 10.5. The summed E-state index contributed by atoms with van der Waals surface area (Å²) in [5.74, 6) is -0.933. The predicted molar refractivity (Wildman–Crippen MR) is 53.2 cm³/mol. The van der Waals surface area contributed by atoms with E-state index in [1.165, 1.54) is 0 Å². The molecule has 1 saturated heterocycles. The topological polar surface area (TPSA) is 58.6 Å². The number of carbonyl (C=O) groups is 1. The van der Waals surface area contributed by atoms with Crippen LogP contribution in [0.25, 0.3) is 0 Å². The van der Waals surface area contributed by atoms with Crippen LogP contribution >= 0.6 is 0 Å². The van der Waals surface area contributed by atoms with Crippen molar-refractivity contribution >= 4 is 5.97 Å². The van der Waals surface area contributed by atoms with E-state index in [0.29, 0.717) is 12.6 Å². The van der Waals surface area contributed by atoms with E-state index < -0.39 is 5.97 Å². The Morgan fingerprint density at radius 2 is 2.43 bits per heavy atom. The van der Waals surface area contributed by atoms with Gasteiger partial charge < -0.3 is 15.2 Å². The Kier molecular flexibility index (Phi) is 4.10. The second-order valence-corrected chi connectivity index (χ2v) is 3.69. The van der Waals surface area contributed by atoms with Crippen molar-refractivity contribution in [3.05, 3.63) is 12.2 Å². The molecule has 4 heteroatoms. The number of carboxylic acids is 1. The average molecular weight is 199 g/mol. The van der Waals surface area contributed by atoms with Crippen molar-refractivity contribution in [3.63, 3.8) is 0 Å². The molecule has 0 saturated carbocycles. The lowest BCUT2D eigenvalue weighted by Gasteiger charge is -2.28. The summed E-state index contributed by atoms with van der Waals surface area (Å²) in [5, 5.41) is 11.8. The zero-order valence-electron chi connectivity index (χ0n) is 8.45. The fraction of sp³-hybridized carbons (Fsp3) is 0.700. The van der Waals surface area contributed by atoms with Crippen LogP contribution in [0.15, 0.2) is 12.2 Å². The molecule has 2 unspecified atom stereocenters. The van der Waals surface area contributed by atoms with Gasteiger partial charge in [0.1, 0.15) is 0 Å². The van der Waals surface area contributed by atoms with Crippen molar-refractivity contribution in [2.24, 2.45) is 0 Å². The van der Waals surface area contributed by atoms with E-state index in [1.807, 2.05) is 6.92 Å². The molecule has 14 heavy (non-hydrogen) atoms. The quantitative estimate of drug-likeness (QED) is 0.657. The molecular formula is C10H17NO3. The van der Waals surface area contributed by atoms with Gasteiger partial charge in [0.25, 0.3) is 0 Å². The van der Waals surface area contributed by atoms with E-state index in [1.54, 1.807) is 0 Å². The summed E-state index contributed by atoms with van der Waals surface area (Å²) < 4.78 is 5.38. The highest BCUT2D eigenvalue weighted by atomic mass is 16.5. The first kappa shape index (κ1) is 11.2. The summed E-state index contributed by atoms with van der Waals surface area (Å²) in [6, 6.07) is 0.356. The first-order valence-electron chi connectivity index (χ1n) is 4.85. The normalized spacial score (nSPS) is 27.2. The van der Waals surface area contributed by atoms with Crippen LogP contribution in [0.3, 0.4) is 0 Å². The Hall–Kier alpha value is -0.870. The molecule has 1 aliphatic heterocycles. The molecule has 1 aliphatic rings. The summed E-state index contributed by atoms with van der Waals surface area (Å²) >= 11 is 0. The lowest BCUT2D eigenvalue weighted by molar-refractivity contribution is -0.132. The third-order valence-electron chi connectivity index (χ3n) is 2.39. The molecule has 0 radical (unpaired) electrons. The van der Waals surface area contributed by atoms with Gasteiger partial charge in [-0.15, -0.1) is 0 Å². The van der Waals surface area contributed by atoms with E-state index in [0.717, 1.165) is 19.4 Å². The van der Waals surface area contributed by atoms with Crippen LogP contribution < -0.4 is 5.32 Å². The number of aliphatic carboxylic acids is 1. The fourth-order valence-corrected chi connectivity index (χ4v) is 1.53. The van der Waals surface area contributed by atoms with Gasteiger partial charge in [-0.1, -0.05) is 6.58 Å². The smallest absolute Gasteiger partial charge is 0.332 e. The van der Waals surface area contributed by atoms with Crippen LogP contribution in [0.5, 0.6) is 0 Å². The van der Waals surface area contributed by atoms with Gasteiger partial charge in [0.2, 0.25) is 0 Å². The molecule has 80 valence electrons. The third-order valence-corrected chi connectivity index (χ3v) is 2.39. The van der Waals surface area contributed by atoms with Crippen molar-refractivity contribution in [2.75, 3.05) is 13.2 Å². The number of hydrogen-bond acceptors (Lipinski definition) is 3. The van der Waals surface area contributed by atoms with Crippen molar-refractivity contribution in [3.8, 4) is 0 Å². The zero-order valence-corrected chi connectivity index (χ0v) is 8.45. The summed E-state index contributed by atoms with van der Waals surface area (Å²) in [5.41, 5.74) is 0.212. The predicted octanol–water partition coefficient (Wildman–Crippen LogP) is 0.784. The Morgan fingerprint density at radius 3 is 3.00 bits per heavy atom. The Labute approximate surface area is 83.9 Å². The molecule has 0 spiro atoms. The number of carboxylic acid groups (broad SMARTS) is 1. The molecule has 2 N–H and O–H groups in total. The van der Waals surface area contributed by atoms with Crippen molar-refractivity contribution in [1.29, 1.82) is 0 Å². The summed E-state index contributed by atoms with van der Waals surface area (Å²) in [6.45, 7) is 6.59. The van der Waals surface area contributed by atoms with Crippen LogP contribution in [-0.4, -0.2) is 36.4 Å². The number of hydrogen-bond donors (Lipinski definition) is 2. The maximum Gasteiger partial charge on any atom is 0.332 e. The van der Waals surface area contributed by atoms with E-state index in [2.05, 4.69) is 11.9 Å². The van der Waals surface area contributed by atoms with E-state index in [9.17, 15) is 4.79 Å². The summed E-state index contributed by atoms with van der Waals surface area (Å²) in [4.78, 5) is 10.5. The van der Waals surface area contributed by atoms with Crippen LogP contribution in [0.4, 0.5) is 0 Å². The molecule has 2 atom stereocenters. The number of nitrogens with one attached hydrogen (secondary N) is 1. The minimum atomic E-state index is -0.933. The fourth-order valence-electron chi connectivity index (χ4n) is 1.53. The average Bonchev–Trinajstić information content (AvgIpc) is 2.14. The molecule has 0 aromatic carbocycles. The third kappa shape index (κ3) is 3.47. The Bertz CT molecular complexity index is 227.